The van der Waals surface area contributed by atoms with Crippen molar-refractivity contribution in [1.82, 2.24) is 9.21 Å². The Hall–Kier alpha value is 0.270. The molecular weight excluding hydrogens is 168 g/mol. The van der Waals surface area contributed by atoms with E-state index in [9.17, 15) is 0 Å². The fourth-order valence-corrected chi connectivity index (χ4v) is 2.14. The highest BCUT2D eigenvalue weighted by Gasteiger charge is 2.31. The van der Waals surface area contributed by atoms with Crippen LogP contribution in [0.4, 0.5) is 0 Å². The van der Waals surface area contributed by atoms with Crippen molar-refractivity contribution in [3.05, 3.63) is 0 Å². The topological polar surface area (TPSA) is 6.48 Å². The summed E-state index contributed by atoms with van der Waals surface area (Å²) in [5.74, 6) is 0. The molecule has 1 rings (SSSR count). The Kier molecular flexibility index (Phi) is 3.44. The van der Waals surface area contributed by atoms with Gasteiger partial charge in [-0.15, -0.1) is 0 Å². The zero-order valence-electron chi connectivity index (χ0n) is 8.38. The Morgan fingerprint density at radius 2 is 2.17 bits per heavy atom. The third-order valence-electron chi connectivity index (χ3n) is 2.70. The Morgan fingerprint density at radius 3 is 2.58 bits per heavy atom. The zero-order valence-corrected chi connectivity index (χ0v) is 9.27. The summed E-state index contributed by atoms with van der Waals surface area (Å²) in [5.41, 5.74) is 0.506. The second kappa shape index (κ2) is 3.99. The Bertz CT molecular complexity index is 149. The van der Waals surface area contributed by atoms with Gasteiger partial charge in [-0.3, -0.25) is 4.31 Å². The van der Waals surface area contributed by atoms with E-state index >= 15 is 0 Å². The highest BCUT2D eigenvalue weighted by atomic mass is 32.1. The van der Waals surface area contributed by atoms with Gasteiger partial charge in [0.2, 0.25) is 0 Å². The van der Waals surface area contributed by atoms with Gasteiger partial charge in [0.25, 0.3) is 0 Å². The summed E-state index contributed by atoms with van der Waals surface area (Å²) in [6.45, 7) is 5.85. The SMILES string of the molecule is CN(C)CCC1(C)CCN(S)C1. The van der Waals surface area contributed by atoms with Gasteiger partial charge in [-0.05, 0) is 38.9 Å². The van der Waals surface area contributed by atoms with Gasteiger partial charge in [0.15, 0.2) is 0 Å². The minimum Gasteiger partial charge on any atom is -0.309 e. The molecule has 1 atom stereocenters. The van der Waals surface area contributed by atoms with Crippen LogP contribution in [0.3, 0.4) is 0 Å². The molecule has 0 spiro atoms. The van der Waals surface area contributed by atoms with Crippen molar-refractivity contribution < 1.29 is 0 Å². The van der Waals surface area contributed by atoms with Crippen LogP contribution >= 0.6 is 12.8 Å². The lowest BCUT2D eigenvalue weighted by Gasteiger charge is -2.25. The van der Waals surface area contributed by atoms with Crippen LogP contribution < -0.4 is 0 Å². The molecule has 0 radical (unpaired) electrons. The monoisotopic (exact) mass is 188 g/mol. The molecule has 0 saturated carbocycles. The molecule has 1 aliphatic rings. The van der Waals surface area contributed by atoms with Crippen LogP contribution in [0.15, 0.2) is 0 Å². The molecule has 72 valence electrons. The molecule has 3 heteroatoms. The van der Waals surface area contributed by atoms with E-state index in [-0.39, 0.29) is 0 Å². The van der Waals surface area contributed by atoms with Gasteiger partial charge in [-0.2, -0.15) is 0 Å². The van der Waals surface area contributed by atoms with Crippen molar-refractivity contribution in [1.29, 1.82) is 0 Å². The van der Waals surface area contributed by atoms with Crippen molar-refractivity contribution in [2.45, 2.75) is 19.8 Å². The number of thiol groups is 1. The van der Waals surface area contributed by atoms with Crippen LogP contribution in [0, 0.1) is 5.41 Å². The summed E-state index contributed by atoms with van der Waals surface area (Å²) in [4.78, 5) is 2.26. The minimum absolute atomic E-state index is 0.506. The number of nitrogens with zero attached hydrogens (tertiary/aromatic N) is 2. The standard InChI is InChI=1S/C9H20N2S/c1-9(4-6-10(2)3)5-7-11(12)8-9/h12H,4-8H2,1-3H3. The van der Waals surface area contributed by atoms with Gasteiger partial charge in [-0.1, -0.05) is 19.7 Å². The Balaban J connectivity index is 2.30. The molecule has 0 N–H and O–H groups in total. The molecule has 1 aliphatic heterocycles. The molecule has 0 aliphatic carbocycles. The molecule has 0 aromatic rings. The first-order valence-corrected chi connectivity index (χ1v) is 5.00. The smallest absolute Gasteiger partial charge is 0.0142 e. The normalized spacial score (nSPS) is 31.8. The van der Waals surface area contributed by atoms with Crippen molar-refractivity contribution in [3.8, 4) is 0 Å². The first-order valence-electron chi connectivity index (χ1n) is 4.60. The van der Waals surface area contributed by atoms with Gasteiger partial charge in [-0.25, -0.2) is 0 Å². The van der Waals surface area contributed by atoms with Crippen LogP contribution in [0.5, 0.6) is 0 Å². The van der Waals surface area contributed by atoms with Crippen LogP contribution in [0.1, 0.15) is 19.8 Å². The molecule has 0 aromatic heterocycles. The number of hydrogen-bond acceptors (Lipinski definition) is 3. The summed E-state index contributed by atoms with van der Waals surface area (Å²) < 4.78 is 2.13. The minimum atomic E-state index is 0.506. The fraction of sp³-hybridized carbons (Fsp3) is 1.00. The lowest BCUT2D eigenvalue weighted by molar-refractivity contribution is 0.265. The maximum Gasteiger partial charge on any atom is 0.0142 e. The van der Waals surface area contributed by atoms with E-state index in [2.05, 4.69) is 43.0 Å². The molecule has 12 heavy (non-hydrogen) atoms. The van der Waals surface area contributed by atoms with Gasteiger partial charge < -0.3 is 4.90 Å². The molecule has 2 nitrogen and oxygen atoms in total. The Labute approximate surface area is 81.5 Å². The van der Waals surface area contributed by atoms with Gasteiger partial charge in [0.1, 0.15) is 0 Å². The fourth-order valence-electron chi connectivity index (χ4n) is 1.70. The van der Waals surface area contributed by atoms with E-state index in [1.54, 1.807) is 0 Å². The molecular formula is C9H20N2S. The molecule has 0 amide bonds. The van der Waals surface area contributed by atoms with E-state index in [1.807, 2.05) is 0 Å². The summed E-state index contributed by atoms with van der Waals surface area (Å²) in [6, 6.07) is 0. The third-order valence-corrected chi connectivity index (χ3v) is 3.04. The van der Waals surface area contributed by atoms with E-state index in [0.717, 1.165) is 13.1 Å². The van der Waals surface area contributed by atoms with Crippen molar-refractivity contribution in [2.75, 3.05) is 33.7 Å². The average Bonchev–Trinajstić information content (AvgIpc) is 2.29. The maximum absolute atomic E-state index is 4.37. The molecule has 0 aromatic carbocycles. The van der Waals surface area contributed by atoms with Crippen molar-refractivity contribution >= 4 is 12.8 Å². The summed E-state index contributed by atoms with van der Waals surface area (Å²) >= 11 is 4.37. The summed E-state index contributed by atoms with van der Waals surface area (Å²) in [6.07, 6.45) is 2.58. The zero-order chi connectivity index (χ0) is 9.19. The first-order chi connectivity index (χ1) is 5.52. The largest absolute Gasteiger partial charge is 0.309 e. The quantitative estimate of drug-likeness (QED) is 0.671. The number of hydrogen-bond donors (Lipinski definition) is 1. The highest BCUT2D eigenvalue weighted by Crippen LogP contribution is 2.33. The summed E-state index contributed by atoms with van der Waals surface area (Å²) in [7, 11) is 4.27. The second-order valence-corrected chi connectivity index (χ2v) is 5.07. The van der Waals surface area contributed by atoms with Gasteiger partial charge in [0.05, 0.1) is 0 Å². The molecule has 1 fully saturated rings. The van der Waals surface area contributed by atoms with Gasteiger partial charge in [0, 0.05) is 13.1 Å². The van der Waals surface area contributed by atoms with Crippen LogP contribution in [-0.2, 0) is 0 Å². The first kappa shape index (κ1) is 10.4. The predicted molar refractivity (Wildman–Crippen MR) is 56.5 cm³/mol. The lowest BCUT2D eigenvalue weighted by Crippen LogP contribution is -2.25. The number of rotatable bonds is 3. The van der Waals surface area contributed by atoms with Gasteiger partial charge >= 0.3 is 0 Å². The average molecular weight is 188 g/mol. The molecule has 1 saturated heterocycles. The third kappa shape index (κ3) is 2.96. The van der Waals surface area contributed by atoms with Crippen LogP contribution in [0.2, 0.25) is 0 Å². The molecule has 1 heterocycles. The van der Waals surface area contributed by atoms with Crippen LogP contribution in [0.25, 0.3) is 0 Å². The van der Waals surface area contributed by atoms with E-state index in [4.69, 9.17) is 0 Å². The van der Waals surface area contributed by atoms with E-state index < -0.39 is 0 Å². The second-order valence-electron chi connectivity index (χ2n) is 4.50. The van der Waals surface area contributed by atoms with Crippen molar-refractivity contribution in [2.24, 2.45) is 5.41 Å². The predicted octanol–water partition coefficient (Wildman–Crippen LogP) is 1.49. The molecule has 1 unspecified atom stereocenters. The van der Waals surface area contributed by atoms with E-state index in [0.29, 0.717) is 5.41 Å². The van der Waals surface area contributed by atoms with E-state index in [1.165, 1.54) is 19.4 Å². The van der Waals surface area contributed by atoms with Crippen molar-refractivity contribution in [3.63, 3.8) is 0 Å². The summed E-state index contributed by atoms with van der Waals surface area (Å²) in [5, 5.41) is 0. The lowest BCUT2D eigenvalue weighted by atomic mass is 9.86. The highest BCUT2D eigenvalue weighted by molar-refractivity contribution is 7.77. The Morgan fingerprint density at radius 1 is 1.50 bits per heavy atom. The van der Waals surface area contributed by atoms with Crippen LogP contribution in [-0.4, -0.2) is 42.9 Å². The maximum atomic E-state index is 4.37. The molecule has 0 bridgehead atoms.